The van der Waals surface area contributed by atoms with E-state index in [-0.39, 0.29) is 48.8 Å². The highest BCUT2D eigenvalue weighted by Gasteiger charge is 2.69. The van der Waals surface area contributed by atoms with Crippen LogP contribution in [0, 0.1) is 34.5 Å². The Morgan fingerprint density at radius 2 is 2.03 bits per heavy atom. The van der Waals surface area contributed by atoms with Crippen LogP contribution in [-0.2, 0) is 9.53 Å². The van der Waals surface area contributed by atoms with Crippen LogP contribution in [0.4, 0.5) is 0 Å². The van der Waals surface area contributed by atoms with Gasteiger partial charge in [0.1, 0.15) is 11.3 Å². The molecule has 0 bridgehead atoms. The number of ether oxygens (including phenoxy) is 1. The summed E-state index contributed by atoms with van der Waals surface area (Å²) in [5.41, 5.74) is -1.63. The van der Waals surface area contributed by atoms with E-state index in [4.69, 9.17) is 4.74 Å². The van der Waals surface area contributed by atoms with Crippen LogP contribution in [0.2, 0.25) is 0 Å². The highest BCUT2D eigenvalue weighted by atomic mass is 16.5. The Balaban J connectivity index is 1.75. The van der Waals surface area contributed by atoms with E-state index < -0.39 is 28.5 Å². The van der Waals surface area contributed by atoms with Crippen molar-refractivity contribution in [2.75, 3.05) is 6.61 Å². The van der Waals surface area contributed by atoms with E-state index in [1.165, 1.54) is 0 Å². The number of carbonyl (C=O) groups is 1. The van der Waals surface area contributed by atoms with Crippen LogP contribution in [0.15, 0.2) is 34.1 Å². The van der Waals surface area contributed by atoms with Gasteiger partial charge in [0.2, 0.25) is 0 Å². The maximum Gasteiger partial charge on any atom is 0.359 e. The SMILES string of the molecule is CCOC(=O)/C(=N/O)[C@@]1(O)CC[C@H]2[C@@H]3C[C@H](C)C4=CC(=NO)C=C[C@]4(C)[C@H]3[C@@H](O)C[C@@]21C. The molecule has 4 aliphatic carbocycles. The minimum Gasteiger partial charge on any atom is -0.461 e. The molecule has 3 fully saturated rings. The van der Waals surface area contributed by atoms with Crippen molar-refractivity contribution in [2.24, 2.45) is 44.8 Å². The van der Waals surface area contributed by atoms with Gasteiger partial charge in [-0.3, -0.25) is 0 Å². The molecular weight excluding hydrogens is 412 g/mol. The molecule has 0 unspecified atom stereocenters. The first kappa shape index (κ1) is 23.0. The minimum absolute atomic E-state index is 0.0363. The summed E-state index contributed by atoms with van der Waals surface area (Å²) < 4.78 is 5.05. The molecule has 8 atom stereocenters. The molecule has 8 heteroatoms. The molecule has 0 aromatic carbocycles. The van der Waals surface area contributed by atoms with Gasteiger partial charge in [-0.15, -0.1) is 0 Å². The average Bonchev–Trinajstić information content (AvgIpc) is 2.99. The zero-order valence-corrected chi connectivity index (χ0v) is 19.2. The van der Waals surface area contributed by atoms with Crippen LogP contribution in [0.5, 0.6) is 0 Å². The molecule has 0 radical (unpaired) electrons. The van der Waals surface area contributed by atoms with E-state index in [0.717, 1.165) is 12.0 Å². The fourth-order valence-electron chi connectivity index (χ4n) is 7.71. The number of aliphatic hydroxyl groups is 2. The molecule has 0 aliphatic heterocycles. The van der Waals surface area contributed by atoms with Crippen molar-refractivity contribution >= 4 is 17.4 Å². The second kappa shape index (κ2) is 7.70. The number of carbonyl (C=O) groups excluding carboxylic acids is 1. The molecule has 176 valence electrons. The number of hydrogen-bond donors (Lipinski definition) is 4. The lowest BCUT2D eigenvalue weighted by molar-refractivity contribution is -0.153. The van der Waals surface area contributed by atoms with Gasteiger partial charge in [0.05, 0.1) is 12.7 Å². The smallest absolute Gasteiger partial charge is 0.359 e. The van der Waals surface area contributed by atoms with Crippen molar-refractivity contribution < 1.29 is 30.2 Å². The molecule has 8 nitrogen and oxygen atoms in total. The zero-order valence-electron chi connectivity index (χ0n) is 19.2. The molecule has 0 saturated heterocycles. The molecule has 4 N–H and O–H groups in total. The van der Waals surface area contributed by atoms with E-state index in [2.05, 4.69) is 24.2 Å². The lowest BCUT2D eigenvalue weighted by Gasteiger charge is -2.61. The van der Waals surface area contributed by atoms with Gasteiger partial charge in [-0.1, -0.05) is 42.7 Å². The number of nitrogens with zero attached hydrogens (tertiary/aromatic N) is 2. The number of esters is 1. The number of fused-ring (bicyclic) bond motifs is 5. The Labute approximate surface area is 188 Å². The Bertz CT molecular complexity index is 925. The first-order valence-electron chi connectivity index (χ1n) is 11.5. The quantitative estimate of drug-likeness (QED) is 0.228. The Hall–Kier alpha value is -2.19. The third-order valence-electron chi connectivity index (χ3n) is 9.06. The van der Waals surface area contributed by atoms with Crippen LogP contribution < -0.4 is 0 Å². The number of rotatable bonds is 3. The summed E-state index contributed by atoms with van der Waals surface area (Å²) in [5, 5.41) is 48.7. The first-order chi connectivity index (χ1) is 15.1. The largest absolute Gasteiger partial charge is 0.461 e. The number of allylic oxidation sites excluding steroid dienone is 4. The second-order valence-corrected chi connectivity index (χ2v) is 10.4. The topological polar surface area (TPSA) is 132 Å². The summed E-state index contributed by atoms with van der Waals surface area (Å²) in [6.45, 7) is 7.94. The van der Waals surface area contributed by atoms with Gasteiger partial charge in [0.15, 0.2) is 5.71 Å². The van der Waals surface area contributed by atoms with Crippen molar-refractivity contribution in [3.05, 3.63) is 23.8 Å². The monoisotopic (exact) mass is 446 g/mol. The van der Waals surface area contributed by atoms with E-state index in [0.29, 0.717) is 12.1 Å². The molecule has 3 saturated carbocycles. The van der Waals surface area contributed by atoms with E-state index in [1.807, 2.05) is 19.1 Å². The van der Waals surface area contributed by atoms with Crippen LogP contribution in [-0.4, -0.2) is 56.3 Å². The zero-order chi connectivity index (χ0) is 23.5. The Kier molecular flexibility index (Phi) is 5.53. The highest BCUT2D eigenvalue weighted by Crippen LogP contribution is 2.67. The molecule has 32 heavy (non-hydrogen) atoms. The fraction of sp³-hybridized carbons (Fsp3) is 0.708. The first-order valence-corrected chi connectivity index (χ1v) is 11.5. The van der Waals surface area contributed by atoms with Crippen LogP contribution in [0.3, 0.4) is 0 Å². The van der Waals surface area contributed by atoms with Gasteiger partial charge in [0.25, 0.3) is 0 Å². The summed E-state index contributed by atoms with van der Waals surface area (Å²) in [4.78, 5) is 12.5. The van der Waals surface area contributed by atoms with Gasteiger partial charge in [-0.05, 0) is 62.5 Å². The van der Waals surface area contributed by atoms with Crippen LogP contribution in [0.25, 0.3) is 0 Å². The second-order valence-electron chi connectivity index (χ2n) is 10.4. The summed E-state index contributed by atoms with van der Waals surface area (Å²) in [5.74, 6) is -0.555. The molecule has 0 aromatic heterocycles. The van der Waals surface area contributed by atoms with Gasteiger partial charge in [0, 0.05) is 16.7 Å². The molecule has 0 amide bonds. The molecule has 4 aliphatic rings. The third-order valence-corrected chi connectivity index (χ3v) is 9.06. The lowest BCUT2D eigenvalue weighted by Crippen LogP contribution is -2.63. The number of hydrogen-bond acceptors (Lipinski definition) is 8. The summed E-state index contributed by atoms with van der Waals surface area (Å²) in [6.07, 6.45) is 7.05. The van der Waals surface area contributed by atoms with Gasteiger partial charge >= 0.3 is 5.97 Å². The van der Waals surface area contributed by atoms with E-state index in [9.17, 15) is 25.4 Å². The molecule has 0 heterocycles. The third kappa shape index (κ3) is 2.91. The van der Waals surface area contributed by atoms with Crippen LogP contribution in [0.1, 0.15) is 53.4 Å². The number of oxime groups is 2. The fourth-order valence-corrected chi connectivity index (χ4v) is 7.71. The van der Waals surface area contributed by atoms with Crippen molar-refractivity contribution in [3.63, 3.8) is 0 Å². The Morgan fingerprint density at radius 3 is 2.66 bits per heavy atom. The van der Waals surface area contributed by atoms with Crippen LogP contribution >= 0.6 is 0 Å². The lowest BCUT2D eigenvalue weighted by atomic mass is 9.44. The summed E-state index contributed by atoms with van der Waals surface area (Å²) in [7, 11) is 0. The van der Waals surface area contributed by atoms with Crippen molar-refractivity contribution in [1.82, 2.24) is 0 Å². The Morgan fingerprint density at radius 1 is 1.31 bits per heavy atom. The summed E-state index contributed by atoms with van der Waals surface area (Å²) in [6, 6.07) is 0. The van der Waals surface area contributed by atoms with Gasteiger partial charge in [-0.25, -0.2) is 4.79 Å². The molecule has 4 rings (SSSR count). The normalized spacial score (nSPS) is 46.8. The van der Waals surface area contributed by atoms with E-state index >= 15 is 0 Å². The van der Waals surface area contributed by atoms with Crippen molar-refractivity contribution in [2.45, 2.75) is 65.1 Å². The van der Waals surface area contributed by atoms with Gasteiger partial charge in [-0.2, -0.15) is 0 Å². The van der Waals surface area contributed by atoms with E-state index in [1.54, 1.807) is 13.0 Å². The summed E-state index contributed by atoms with van der Waals surface area (Å²) >= 11 is 0. The maximum absolute atomic E-state index is 12.5. The maximum atomic E-state index is 12.5. The predicted octanol–water partition coefficient (Wildman–Crippen LogP) is 2.90. The van der Waals surface area contributed by atoms with Gasteiger partial charge < -0.3 is 25.4 Å². The highest BCUT2D eigenvalue weighted by molar-refractivity contribution is 6.39. The predicted molar refractivity (Wildman–Crippen MR) is 118 cm³/mol. The molecule has 0 spiro atoms. The molecular formula is C24H34N2O6. The average molecular weight is 447 g/mol. The minimum atomic E-state index is -1.68. The molecule has 0 aromatic rings. The standard InChI is InChI=1S/C24H34N2O6/c1-5-32-21(28)20(26-31)24(29)9-7-16-15-10-13(2)17-11-14(25-30)6-8-22(17,3)19(15)18(27)12-23(16,24)4/h6,8,11,13,15-16,18-19,27,29-31H,5,7,9-10,12H2,1-4H3/b25-14?,26-20-/t13-,15-,16-,18-,19+,22-,23-,24-/m0/s1. The van der Waals surface area contributed by atoms with Crippen molar-refractivity contribution in [1.29, 1.82) is 0 Å². The van der Waals surface area contributed by atoms with Crippen molar-refractivity contribution in [3.8, 4) is 0 Å². The number of aliphatic hydroxyl groups excluding tert-OH is 1.